The van der Waals surface area contributed by atoms with Crippen LogP contribution in [0.2, 0.25) is 0 Å². The van der Waals surface area contributed by atoms with Crippen LogP contribution in [0.25, 0.3) is 0 Å². The van der Waals surface area contributed by atoms with E-state index >= 15 is 0 Å². The summed E-state index contributed by atoms with van der Waals surface area (Å²) >= 11 is 3.32. The summed E-state index contributed by atoms with van der Waals surface area (Å²) in [6, 6.07) is 8.80. The molecule has 1 heterocycles. The van der Waals surface area contributed by atoms with Gasteiger partial charge in [-0.15, -0.1) is 0 Å². The Balaban J connectivity index is 1.94. The van der Waals surface area contributed by atoms with Gasteiger partial charge in [0.2, 0.25) is 0 Å². The van der Waals surface area contributed by atoms with Gasteiger partial charge in [-0.2, -0.15) is 0 Å². The van der Waals surface area contributed by atoms with Crippen LogP contribution in [0.15, 0.2) is 45.5 Å². The van der Waals surface area contributed by atoms with Crippen molar-refractivity contribution in [2.45, 2.75) is 26.2 Å². The molecule has 0 bridgehead atoms. The van der Waals surface area contributed by atoms with Gasteiger partial charge in [0.05, 0.1) is 19.4 Å². The molecule has 2 aromatic rings. The van der Waals surface area contributed by atoms with Crippen molar-refractivity contribution >= 4 is 21.8 Å². The molecule has 21 heavy (non-hydrogen) atoms. The molecular formula is C15H16BrNO4. The first-order valence-electron chi connectivity index (χ1n) is 6.46. The zero-order chi connectivity index (χ0) is 15.2. The van der Waals surface area contributed by atoms with Crippen molar-refractivity contribution in [2.75, 3.05) is 0 Å². The summed E-state index contributed by atoms with van der Waals surface area (Å²) in [6.07, 6.45) is 0.878. The number of aliphatic hydroxyl groups is 1. The molecular weight excluding hydrogens is 338 g/mol. The van der Waals surface area contributed by atoms with E-state index in [1.165, 1.54) is 0 Å². The van der Waals surface area contributed by atoms with Gasteiger partial charge in [-0.3, -0.25) is 4.79 Å². The quantitative estimate of drug-likeness (QED) is 0.837. The summed E-state index contributed by atoms with van der Waals surface area (Å²) in [5, 5.41) is 12.0. The molecule has 0 aliphatic rings. The van der Waals surface area contributed by atoms with Gasteiger partial charge < -0.3 is 19.6 Å². The Hall–Kier alpha value is -1.79. The first-order chi connectivity index (χ1) is 10.1. The van der Waals surface area contributed by atoms with E-state index in [2.05, 4.69) is 21.2 Å². The van der Waals surface area contributed by atoms with Crippen LogP contribution >= 0.6 is 15.9 Å². The largest absolute Gasteiger partial charge is 0.481 e. The van der Waals surface area contributed by atoms with E-state index in [4.69, 9.17) is 9.15 Å². The van der Waals surface area contributed by atoms with E-state index in [0.717, 1.165) is 4.47 Å². The Labute approximate surface area is 131 Å². The minimum atomic E-state index is -0.675. The molecule has 2 N–H and O–H groups in total. The second-order valence-corrected chi connectivity index (χ2v) is 5.38. The monoisotopic (exact) mass is 353 g/mol. The van der Waals surface area contributed by atoms with Gasteiger partial charge in [0.1, 0.15) is 11.5 Å². The maximum atomic E-state index is 12.0. The lowest BCUT2D eigenvalue weighted by Crippen LogP contribution is -2.36. The summed E-state index contributed by atoms with van der Waals surface area (Å²) in [4.78, 5) is 12.0. The van der Waals surface area contributed by atoms with Crippen LogP contribution in [-0.4, -0.2) is 17.1 Å². The number of carbonyl (C=O) groups excluding carboxylic acids is 1. The molecule has 2 rings (SSSR count). The van der Waals surface area contributed by atoms with Crippen LogP contribution in [0.5, 0.6) is 5.75 Å². The molecule has 1 amide bonds. The highest BCUT2D eigenvalue weighted by Gasteiger charge is 2.16. The molecule has 0 saturated carbocycles. The predicted molar refractivity (Wildman–Crippen MR) is 80.7 cm³/mol. The van der Waals surface area contributed by atoms with Crippen molar-refractivity contribution in [3.8, 4) is 5.75 Å². The van der Waals surface area contributed by atoms with Gasteiger partial charge in [-0.1, -0.05) is 15.9 Å². The lowest BCUT2D eigenvalue weighted by molar-refractivity contribution is -0.127. The second-order valence-electron chi connectivity index (χ2n) is 4.47. The lowest BCUT2D eigenvalue weighted by atomic mass is 10.2. The molecule has 0 aliphatic carbocycles. The summed E-state index contributed by atoms with van der Waals surface area (Å²) in [5.41, 5.74) is 0.620. The van der Waals surface area contributed by atoms with Crippen LogP contribution in [0, 0.1) is 0 Å². The highest BCUT2D eigenvalue weighted by atomic mass is 79.9. The number of hydrogen-bond acceptors (Lipinski definition) is 4. The standard InChI is InChI=1S/C15H16BrNO4/c1-10(15(19)17-8-13-3-2-6-20-13)21-14-5-4-12(16)7-11(14)9-18/h2-7,10,18H,8-9H2,1H3,(H,17,19). The average Bonchev–Trinajstić information content (AvgIpc) is 2.99. The molecule has 0 spiro atoms. The van der Waals surface area contributed by atoms with E-state index < -0.39 is 6.10 Å². The van der Waals surface area contributed by atoms with Crippen molar-refractivity contribution in [1.82, 2.24) is 5.32 Å². The normalized spacial score (nSPS) is 12.0. The van der Waals surface area contributed by atoms with Crippen LogP contribution < -0.4 is 10.1 Å². The van der Waals surface area contributed by atoms with Gasteiger partial charge in [0, 0.05) is 10.0 Å². The third kappa shape index (κ3) is 4.34. The summed E-state index contributed by atoms with van der Waals surface area (Å²) in [6.45, 7) is 1.81. The maximum absolute atomic E-state index is 12.0. The number of ether oxygens (including phenoxy) is 1. The second kappa shape index (κ2) is 7.28. The molecule has 6 heteroatoms. The number of nitrogens with one attached hydrogen (secondary N) is 1. The smallest absolute Gasteiger partial charge is 0.261 e. The molecule has 0 saturated heterocycles. The van der Waals surface area contributed by atoms with E-state index in [9.17, 15) is 9.90 Å². The third-order valence-electron chi connectivity index (χ3n) is 2.88. The van der Waals surface area contributed by atoms with Crippen LogP contribution in [0.4, 0.5) is 0 Å². The van der Waals surface area contributed by atoms with Crippen molar-refractivity contribution in [2.24, 2.45) is 0 Å². The van der Waals surface area contributed by atoms with Gasteiger partial charge >= 0.3 is 0 Å². The number of aliphatic hydroxyl groups excluding tert-OH is 1. The van der Waals surface area contributed by atoms with Crippen LogP contribution in [-0.2, 0) is 17.9 Å². The molecule has 1 atom stereocenters. The summed E-state index contributed by atoms with van der Waals surface area (Å²) in [7, 11) is 0. The van der Waals surface area contributed by atoms with Gasteiger partial charge in [0.15, 0.2) is 6.10 Å². The van der Waals surface area contributed by atoms with E-state index in [1.54, 1.807) is 43.5 Å². The fraction of sp³-hybridized carbons (Fsp3) is 0.267. The number of carbonyl (C=O) groups is 1. The summed E-state index contributed by atoms with van der Waals surface area (Å²) < 4.78 is 11.6. The van der Waals surface area contributed by atoms with E-state index in [-0.39, 0.29) is 12.5 Å². The topological polar surface area (TPSA) is 71.7 Å². The third-order valence-corrected chi connectivity index (χ3v) is 3.38. The Kier molecular flexibility index (Phi) is 5.41. The number of amides is 1. The van der Waals surface area contributed by atoms with Gasteiger partial charge in [0.25, 0.3) is 5.91 Å². The molecule has 0 radical (unpaired) electrons. The first-order valence-corrected chi connectivity index (χ1v) is 7.25. The lowest BCUT2D eigenvalue weighted by Gasteiger charge is -2.16. The number of benzene rings is 1. The average molecular weight is 354 g/mol. The molecule has 112 valence electrons. The first kappa shape index (κ1) is 15.6. The Morgan fingerprint density at radius 3 is 2.95 bits per heavy atom. The zero-order valence-corrected chi connectivity index (χ0v) is 13.1. The molecule has 5 nitrogen and oxygen atoms in total. The van der Waals surface area contributed by atoms with Crippen molar-refractivity contribution in [3.63, 3.8) is 0 Å². The molecule has 0 fully saturated rings. The van der Waals surface area contributed by atoms with E-state index in [1.807, 2.05) is 0 Å². The fourth-order valence-corrected chi connectivity index (χ4v) is 2.17. The maximum Gasteiger partial charge on any atom is 0.261 e. The highest BCUT2D eigenvalue weighted by molar-refractivity contribution is 9.10. The van der Waals surface area contributed by atoms with Crippen LogP contribution in [0.1, 0.15) is 18.2 Å². The van der Waals surface area contributed by atoms with E-state index in [0.29, 0.717) is 23.6 Å². The van der Waals surface area contributed by atoms with Crippen molar-refractivity contribution in [3.05, 3.63) is 52.4 Å². The molecule has 1 aromatic carbocycles. The number of halogens is 1. The summed E-state index contributed by atoms with van der Waals surface area (Å²) in [5.74, 6) is 0.912. The van der Waals surface area contributed by atoms with Crippen molar-refractivity contribution < 1.29 is 19.1 Å². The van der Waals surface area contributed by atoms with Gasteiger partial charge in [-0.25, -0.2) is 0 Å². The van der Waals surface area contributed by atoms with Crippen LogP contribution in [0.3, 0.4) is 0 Å². The predicted octanol–water partition coefficient (Wildman–Crippen LogP) is 2.62. The fourth-order valence-electron chi connectivity index (χ4n) is 1.76. The minimum absolute atomic E-state index is 0.157. The molecule has 1 aromatic heterocycles. The number of hydrogen-bond donors (Lipinski definition) is 2. The molecule has 1 unspecified atom stereocenters. The Morgan fingerprint density at radius 1 is 1.48 bits per heavy atom. The Bertz CT molecular complexity index is 598. The van der Waals surface area contributed by atoms with Gasteiger partial charge in [-0.05, 0) is 37.3 Å². The highest BCUT2D eigenvalue weighted by Crippen LogP contribution is 2.24. The van der Waals surface area contributed by atoms with Crippen molar-refractivity contribution in [1.29, 1.82) is 0 Å². The SMILES string of the molecule is CC(Oc1ccc(Br)cc1CO)C(=O)NCc1ccco1. The minimum Gasteiger partial charge on any atom is -0.481 e. The number of rotatable bonds is 6. The zero-order valence-electron chi connectivity index (χ0n) is 11.5. The molecule has 0 aliphatic heterocycles. The number of furan rings is 1. The Morgan fingerprint density at radius 2 is 2.29 bits per heavy atom.